The van der Waals surface area contributed by atoms with E-state index in [0.29, 0.717) is 45.0 Å². The van der Waals surface area contributed by atoms with Gasteiger partial charge in [0.05, 0.1) is 12.3 Å². The molecule has 1 aliphatic rings. The predicted octanol–water partition coefficient (Wildman–Crippen LogP) is -0.188. The van der Waals surface area contributed by atoms with Crippen molar-refractivity contribution in [1.82, 2.24) is 14.2 Å². The second kappa shape index (κ2) is 7.17. The van der Waals surface area contributed by atoms with Crippen molar-refractivity contribution in [2.24, 2.45) is 0 Å². The van der Waals surface area contributed by atoms with Gasteiger partial charge in [-0.05, 0) is 19.1 Å². The highest BCUT2D eigenvalue weighted by Gasteiger charge is 2.31. The van der Waals surface area contributed by atoms with Gasteiger partial charge in [0.2, 0.25) is 0 Å². The summed E-state index contributed by atoms with van der Waals surface area (Å²) in [6, 6.07) is 3.45. The summed E-state index contributed by atoms with van der Waals surface area (Å²) in [5.74, 6) is 0. The monoisotopic (exact) mass is 314 g/mol. The highest BCUT2D eigenvalue weighted by molar-refractivity contribution is 7.89. The Morgan fingerprint density at radius 3 is 2.67 bits per heavy atom. The molecule has 118 valence electrons. The van der Waals surface area contributed by atoms with Crippen molar-refractivity contribution in [1.29, 1.82) is 0 Å². The molecule has 1 aromatic heterocycles. The van der Waals surface area contributed by atoms with E-state index in [1.165, 1.54) is 10.5 Å². The van der Waals surface area contributed by atoms with Gasteiger partial charge in [-0.2, -0.15) is 4.31 Å². The minimum Gasteiger partial charge on any atom is -0.395 e. The average molecular weight is 314 g/mol. The summed E-state index contributed by atoms with van der Waals surface area (Å²) in [5, 5.41) is 12.1. The Morgan fingerprint density at radius 2 is 2.05 bits per heavy atom. The summed E-state index contributed by atoms with van der Waals surface area (Å²) in [4.78, 5) is 6.11. The molecule has 0 bridgehead atoms. The Labute approximate surface area is 125 Å². The van der Waals surface area contributed by atoms with Gasteiger partial charge in [0.1, 0.15) is 0 Å². The number of anilines is 1. The van der Waals surface area contributed by atoms with Gasteiger partial charge in [-0.1, -0.05) is 0 Å². The second-order valence-electron chi connectivity index (χ2n) is 4.86. The van der Waals surface area contributed by atoms with E-state index in [0.717, 1.165) is 0 Å². The molecule has 0 amide bonds. The maximum absolute atomic E-state index is 12.7. The zero-order valence-corrected chi connectivity index (χ0v) is 13.0. The molecule has 0 spiro atoms. The Bertz CT molecular complexity index is 556. The highest BCUT2D eigenvalue weighted by atomic mass is 32.2. The van der Waals surface area contributed by atoms with Crippen LogP contribution in [0.3, 0.4) is 0 Å². The summed E-state index contributed by atoms with van der Waals surface area (Å²) in [7, 11) is -3.58. The summed E-state index contributed by atoms with van der Waals surface area (Å²) in [6.45, 7) is 5.33. The van der Waals surface area contributed by atoms with Crippen molar-refractivity contribution in [3.8, 4) is 0 Å². The Kier molecular flexibility index (Phi) is 5.51. The number of nitrogens with zero attached hydrogens (tertiary/aromatic N) is 3. The molecule has 0 aromatic carbocycles. The zero-order valence-electron chi connectivity index (χ0n) is 12.2. The van der Waals surface area contributed by atoms with Crippen LogP contribution in [0.4, 0.5) is 5.69 Å². The lowest BCUT2D eigenvalue weighted by Crippen LogP contribution is -2.49. The predicted molar refractivity (Wildman–Crippen MR) is 80.7 cm³/mol. The quantitative estimate of drug-likeness (QED) is 0.757. The zero-order chi connectivity index (χ0) is 15.3. The van der Waals surface area contributed by atoms with E-state index in [4.69, 9.17) is 5.11 Å². The van der Waals surface area contributed by atoms with Crippen LogP contribution >= 0.6 is 0 Å². The minimum atomic E-state index is -3.58. The third kappa shape index (κ3) is 3.70. The number of aliphatic hydroxyl groups is 1. The minimum absolute atomic E-state index is 0.0856. The third-order valence-electron chi connectivity index (χ3n) is 3.47. The normalized spacial score (nSPS) is 17.8. The second-order valence-corrected chi connectivity index (χ2v) is 6.71. The first-order valence-corrected chi connectivity index (χ1v) is 8.56. The summed E-state index contributed by atoms with van der Waals surface area (Å²) < 4.78 is 26.9. The molecule has 0 atom stereocenters. The van der Waals surface area contributed by atoms with Crippen molar-refractivity contribution in [2.45, 2.75) is 11.9 Å². The molecule has 2 heterocycles. The summed E-state index contributed by atoms with van der Waals surface area (Å²) in [5.41, 5.74) is 0.540. The van der Waals surface area contributed by atoms with Crippen LogP contribution in [0.15, 0.2) is 23.4 Å². The molecule has 7 nitrogen and oxygen atoms in total. The number of hydrogen-bond acceptors (Lipinski definition) is 6. The van der Waals surface area contributed by atoms with Gasteiger partial charge in [0, 0.05) is 45.5 Å². The van der Waals surface area contributed by atoms with Crippen LogP contribution in [-0.2, 0) is 10.0 Å². The first-order valence-electron chi connectivity index (χ1n) is 7.12. The van der Waals surface area contributed by atoms with Crippen molar-refractivity contribution >= 4 is 15.7 Å². The molecular weight excluding hydrogens is 292 g/mol. The number of nitrogens with one attached hydrogen (secondary N) is 1. The van der Waals surface area contributed by atoms with Crippen LogP contribution < -0.4 is 5.32 Å². The van der Waals surface area contributed by atoms with E-state index in [9.17, 15) is 8.42 Å². The molecule has 0 radical (unpaired) electrons. The molecule has 0 saturated carbocycles. The third-order valence-corrected chi connectivity index (χ3v) is 5.33. The van der Waals surface area contributed by atoms with Crippen LogP contribution in [0, 0.1) is 0 Å². The Hall–Kier alpha value is -1.22. The van der Waals surface area contributed by atoms with Crippen LogP contribution in [0.25, 0.3) is 0 Å². The molecule has 0 unspecified atom stereocenters. The smallest absolute Gasteiger partial charge is 0.262 e. The van der Waals surface area contributed by atoms with E-state index < -0.39 is 10.0 Å². The molecule has 1 aromatic rings. The summed E-state index contributed by atoms with van der Waals surface area (Å²) in [6.07, 6.45) is 1.50. The van der Waals surface area contributed by atoms with E-state index in [-0.39, 0.29) is 11.6 Å². The number of pyridine rings is 1. The number of hydrogen-bond donors (Lipinski definition) is 2. The number of rotatable bonds is 6. The summed E-state index contributed by atoms with van der Waals surface area (Å²) >= 11 is 0. The maximum atomic E-state index is 12.7. The van der Waals surface area contributed by atoms with Gasteiger partial charge in [0.15, 0.2) is 5.03 Å². The molecule has 1 saturated heterocycles. The van der Waals surface area contributed by atoms with Crippen molar-refractivity contribution in [3.63, 3.8) is 0 Å². The van der Waals surface area contributed by atoms with Gasteiger partial charge >= 0.3 is 0 Å². The molecule has 21 heavy (non-hydrogen) atoms. The topological polar surface area (TPSA) is 85.8 Å². The molecule has 8 heteroatoms. The number of aromatic nitrogens is 1. The lowest BCUT2D eigenvalue weighted by Gasteiger charge is -2.33. The van der Waals surface area contributed by atoms with Crippen LogP contribution in [0.1, 0.15) is 6.92 Å². The largest absolute Gasteiger partial charge is 0.395 e. The van der Waals surface area contributed by atoms with Gasteiger partial charge in [0.25, 0.3) is 10.0 Å². The van der Waals surface area contributed by atoms with Gasteiger partial charge in [-0.3, -0.25) is 4.90 Å². The Morgan fingerprint density at radius 1 is 1.33 bits per heavy atom. The number of β-amino-alcohol motifs (C(OH)–C–C–N with tert-alkyl or cyclic N) is 1. The molecule has 2 N–H and O–H groups in total. The maximum Gasteiger partial charge on any atom is 0.262 e. The van der Waals surface area contributed by atoms with Gasteiger partial charge < -0.3 is 10.4 Å². The molecule has 1 aliphatic heterocycles. The first-order chi connectivity index (χ1) is 10.1. The molecule has 0 aliphatic carbocycles. The van der Waals surface area contributed by atoms with Crippen LogP contribution in [0.2, 0.25) is 0 Å². The molecule has 1 fully saturated rings. The highest BCUT2D eigenvalue weighted by Crippen LogP contribution is 2.22. The van der Waals surface area contributed by atoms with E-state index in [2.05, 4.69) is 15.2 Å². The van der Waals surface area contributed by atoms with Gasteiger partial charge in [-0.15, -0.1) is 0 Å². The molecule has 2 rings (SSSR count). The standard InChI is InChI=1S/C13H22N4O3S/c1-2-14-12-4-3-5-15-13(12)21(19,20)17-8-6-16(7-9-17)10-11-18/h3-5,14,18H,2,6-11H2,1H3. The number of sulfonamides is 1. The lowest BCUT2D eigenvalue weighted by atomic mass is 10.4. The van der Waals surface area contributed by atoms with Crippen molar-refractivity contribution in [2.75, 3.05) is 51.2 Å². The van der Waals surface area contributed by atoms with E-state index >= 15 is 0 Å². The van der Waals surface area contributed by atoms with Crippen LogP contribution in [0.5, 0.6) is 0 Å². The lowest BCUT2D eigenvalue weighted by molar-refractivity contribution is 0.151. The van der Waals surface area contributed by atoms with Crippen molar-refractivity contribution < 1.29 is 13.5 Å². The number of piperazine rings is 1. The number of aliphatic hydroxyl groups excluding tert-OH is 1. The SMILES string of the molecule is CCNc1cccnc1S(=O)(=O)N1CCN(CCO)CC1. The Balaban J connectivity index is 2.16. The van der Waals surface area contributed by atoms with E-state index in [1.807, 2.05) is 6.92 Å². The average Bonchev–Trinajstić information content (AvgIpc) is 2.49. The van der Waals surface area contributed by atoms with Crippen molar-refractivity contribution in [3.05, 3.63) is 18.3 Å². The van der Waals surface area contributed by atoms with Gasteiger partial charge in [-0.25, -0.2) is 13.4 Å². The molecular formula is C13H22N4O3S. The fraction of sp³-hybridized carbons (Fsp3) is 0.615. The fourth-order valence-electron chi connectivity index (χ4n) is 2.38. The van der Waals surface area contributed by atoms with Crippen LogP contribution in [-0.4, -0.2) is 73.6 Å². The first kappa shape index (κ1) is 16.2. The van der Waals surface area contributed by atoms with E-state index in [1.54, 1.807) is 12.1 Å². The fourth-order valence-corrected chi connectivity index (χ4v) is 3.88.